The maximum atomic E-state index is 14.5. The first kappa shape index (κ1) is 20.4. The highest BCUT2D eigenvalue weighted by Crippen LogP contribution is 2.42. The number of benzene rings is 2. The van der Waals surface area contributed by atoms with Crippen LogP contribution in [-0.4, -0.2) is 11.1 Å². The number of aliphatic carboxylic acids is 1. The maximum Gasteiger partial charge on any atom is 0.305 e. The van der Waals surface area contributed by atoms with E-state index in [9.17, 15) is 9.18 Å². The van der Waals surface area contributed by atoms with Crippen LogP contribution in [0.5, 0.6) is 0 Å². The highest BCUT2D eigenvalue weighted by Gasteiger charge is 2.25. The van der Waals surface area contributed by atoms with E-state index in [1.807, 2.05) is 6.07 Å². The van der Waals surface area contributed by atoms with Crippen molar-refractivity contribution in [3.8, 4) is 11.1 Å². The predicted molar refractivity (Wildman–Crippen MR) is 104 cm³/mol. The minimum Gasteiger partial charge on any atom is -0.481 e. The number of carboxylic acid groups (broad SMARTS) is 1. The molecule has 1 aliphatic carbocycles. The summed E-state index contributed by atoms with van der Waals surface area (Å²) in [6, 6.07) is 7.11. The summed E-state index contributed by atoms with van der Waals surface area (Å²) in [6.07, 6.45) is 2.21. The number of carbonyl (C=O) groups is 1. The van der Waals surface area contributed by atoms with Gasteiger partial charge in [0, 0.05) is 11.6 Å². The molecule has 1 aliphatic rings. The van der Waals surface area contributed by atoms with Gasteiger partial charge in [-0.25, -0.2) is 4.39 Å². The summed E-state index contributed by atoms with van der Waals surface area (Å²) < 4.78 is 14.5. The lowest BCUT2D eigenvalue weighted by molar-refractivity contribution is -0.137. The second kappa shape index (κ2) is 7.77. The zero-order valence-corrected chi connectivity index (χ0v) is 16.1. The van der Waals surface area contributed by atoms with Crippen LogP contribution >= 0.6 is 12.4 Å². The molecule has 140 valence electrons. The summed E-state index contributed by atoms with van der Waals surface area (Å²) in [6.45, 7) is 5.84. The molecule has 0 saturated heterocycles. The summed E-state index contributed by atoms with van der Waals surface area (Å²) in [7, 11) is 0. The van der Waals surface area contributed by atoms with Gasteiger partial charge in [0.25, 0.3) is 0 Å². The molecule has 3 nitrogen and oxygen atoms in total. The zero-order valence-electron chi connectivity index (χ0n) is 15.3. The monoisotopic (exact) mass is 377 g/mol. The van der Waals surface area contributed by atoms with Crippen LogP contribution < -0.4 is 5.73 Å². The molecular formula is C21H25ClFNO2. The van der Waals surface area contributed by atoms with Crippen LogP contribution in [0.2, 0.25) is 0 Å². The highest BCUT2D eigenvalue weighted by molar-refractivity contribution is 5.85. The number of nitrogens with two attached hydrogens (primary N) is 1. The Morgan fingerprint density at radius 3 is 2.23 bits per heavy atom. The zero-order chi connectivity index (χ0) is 18.3. The normalized spacial score (nSPS) is 14.7. The Morgan fingerprint density at radius 1 is 1.15 bits per heavy atom. The Morgan fingerprint density at radius 2 is 1.73 bits per heavy atom. The molecule has 0 heterocycles. The number of hydrogen-bond donors (Lipinski definition) is 2. The quantitative estimate of drug-likeness (QED) is 0.753. The minimum absolute atomic E-state index is 0. The van der Waals surface area contributed by atoms with Gasteiger partial charge in [-0.1, -0.05) is 12.1 Å². The molecule has 0 unspecified atom stereocenters. The molecule has 0 radical (unpaired) electrons. The molecule has 1 fully saturated rings. The molecule has 1 saturated carbocycles. The fourth-order valence-corrected chi connectivity index (χ4v) is 3.61. The molecule has 0 amide bonds. The number of hydrogen-bond acceptors (Lipinski definition) is 2. The highest BCUT2D eigenvalue weighted by atomic mass is 35.5. The lowest BCUT2D eigenvalue weighted by Gasteiger charge is -2.18. The first-order chi connectivity index (χ1) is 11.8. The number of aryl methyl sites for hydroxylation is 3. The van der Waals surface area contributed by atoms with E-state index in [0.717, 1.165) is 22.3 Å². The van der Waals surface area contributed by atoms with Gasteiger partial charge < -0.3 is 10.8 Å². The second-order valence-corrected chi connectivity index (χ2v) is 7.20. The van der Waals surface area contributed by atoms with Gasteiger partial charge in [-0.05, 0) is 85.0 Å². The van der Waals surface area contributed by atoms with Gasteiger partial charge in [-0.15, -0.1) is 12.4 Å². The number of carboxylic acids is 1. The number of rotatable bonds is 5. The summed E-state index contributed by atoms with van der Waals surface area (Å²) in [5.41, 5.74) is 12.4. The molecule has 3 N–H and O–H groups in total. The van der Waals surface area contributed by atoms with Crippen molar-refractivity contribution >= 4 is 18.4 Å². The minimum atomic E-state index is -1.03. The number of halogens is 2. The van der Waals surface area contributed by atoms with Gasteiger partial charge >= 0.3 is 5.97 Å². The molecule has 0 spiro atoms. The van der Waals surface area contributed by atoms with Crippen molar-refractivity contribution in [2.75, 3.05) is 0 Å². The van der Waals surface area contributed by atoms with Crippen LogP contribution in [0.1, 0.15) is 59.0 Å². The van der Waals surface area contributed by atoms with E-state index in [0.29, 0.717) is 11.5 Å². The Balaban J connectivity index is 0.00000243. The molecule has 0 bridgehead atoms. The van der Waals surface area contributed by atoms with E-state index in [2.05, 4.69) is 26.0 Å². The molecule has 2 aromatic carbocycles. The maximum absolute atomic E-state index is 14.5. The van der Waals surface area contributed by atoms with Gasteiger partial charge in [-0.3, -0.25) is 4.79 Å². The van der Waals surface area contributed by atoms with Crippen molar-refractivity contribution in [1.82, 2.24) is 0 Å². The van der Waals surface area contributed by atoms with Gasteiger partial charge in [0.2, 0.25) is 0 Å². The Labute approximate surface area is 159 Å². The van der Waals surface area contributed by atoms with Gasteiger partial charge in [0.15, 0.2) is 0 Å². The summed E-state index contributed by atoms with van der Waals surface area (Å²) in [5, 5.41) is 8.97. The molecule has 0 aliphatic heterocycles. The van der Waals surface area contributed by atoms with Crippen molar-refractivity contribution in [1.29, 1.82) is 0 Å². The molecule has 26 heavy (non-hydrogen) atoms. The van der Waals surface area contributed by atoms with Crippen molar-refractivity contribution in [2.24, 2.45) is 5.73 Å². The Hall–Kier alpha value is -1.91. The average molecular weight is 378 g/mol. The fraction of sp³-hybridized carbons (Fsp3) is 0.381. The summed E-state index contributed by atoms with van der Waals surface area (Å²) in [5.74, 6) is -0.764. The van der Waals surface area contributed by atoms with Crippen LogP contribution in [0.15, 0.2) is 24.3 Å². The van der Waals surface area contributed by atoms with E-state index in [1.165, 1.54) is 18.4 Å². The molecule has 2 aromatic rings. The van der Waals surface area contributed by atoms with Crippen LogP contribution in [0, 0.1) is 26.6 Å². The van der Waals surface area contributed by atoms with Crippen LogP contribution in [-0.2, 0) is 4.79 Å². The van der Waals surface area contributed by atoms with Crippen molar-refractivity contribution in [2.45, 2.75) is 52.0 Å². The van der Waals surface area contributed by atoms with E-state index in [1.54, 1.807) is 13.0 Å². The van der Waals surface area contributed by atoms with Crippen molar-refractivity contribution in [3.05, 3.63) is 57.9 Å². The Bertz CT molecular complexity index is 823. The topological polar surface area (TPSA) is 63.3 Å². The van der Waals surface area contributed by atoms with Crippen LogP contribution in [0.25, 0.3) is 11.1 Å². The SMILES string of the molecule is Cc1cc(-c2c(C)cc(C3CC3)cc2C)cc([C@@H](N)CC(=O)O)c1F.Cl. The lowest BCUT2D eigenvalue weighted by atomic mass is 9.89. The third kappa shape index (κ3) is 4.08. The molecule has 0 aromatic heterocycles. The Kier molecular flexibility index (Phi) is 6.09. The largest absolute Gasteiger partial charge is 0.481 e. The standard InChI is InChI=1S/C21H24FNO2.ClH/c1-11-6-15(14-4-5-14)7-12(2)20(11)16-8-13(3)21(22)17(9-16)18(23)10-19(24)25;/h6-9,14,18H,4-5,10,23H2,1-3H3,(H,24,25);1H/t18-;/m0./s1. The van der Waals surface area contributed by atoms with E-state index < -0.39 is 17.8 Å². The fourth-order valence-electron chi connectivity index (χ4n) is 3.61. The lowest BCUT2D eigenvalue weighted by Crippen LogP contribution is -2.17. The van der Waals surface area contributed by atoms with E-state index >= 15 is 0 Å². The molecular weight excluding hydrogens is 353 g/mol. The molecule has 3 rings (SSSR count). The van der Waals surface area contributed by atoms with Gasteiger partial charge in [-0.2, -0.15) is 0 Å². The van der Waals surface area contributed by atoms with Crippen molar-refractivity contribution < 1.29 is 14.3 Å². The third-order valence-electron chi connectivity index (χ3n) is 4.97. The van der Waals surface area contributed by atoms with E-state index in [4.69, 9.17) is 10.8 Å². The second-order valence-electron chi connectivity index (χ2n) is 7.20. The van der Waals surface area contributed by atoms with Crippen LogP contribution in [0.3, 0.4) is 0 Å². The molecule has 5 heteroatoms. The summed E-state index contributed by atoms with van der Waals surface area (Å²) in [4.78, 5) is 10.9. The predicted octanol–water partition coefficient (Wildman–Crippen LogP) is 5.19. The van der Waals surface area contributed by atoms with Gasteiger partial charge in [0.1, 0.15) is 5.82 Å². The third-order valence-corrected chi connectivity index (χ3v) is 4.97. The first-order valence-corrected chi connectivity index (χ1v) is 8.67. The van der Waals surface area contributed by atoms with E-state index in [-0.39, 0.29) is 24.4 Å². The molecule has 1 atom stereocenters. The van der Waals surface area contributed by atoms with Gasteiger partial charge in [0.05, 0.1) is 6.42 Å². The summed E-state index contributed by atoms with van der Waals surface area (Å²) >= 11 is 0. The van der Waals surface area contributed by atoms with Crippen molar-refractivity contribution in [3.63, 3.8) is 0 Å². The smallest absolute Gasteiger partial charge is 0.305 e. The first-order valence-electron chi connectivity index (χ1n) is 8.67. The average Bonchev–Trinajstić information content (AvgIpc) is 3.33. The van der Waals surface area contributed by atoms with Crippen LogP contribution in [0.4, 0.5) is 4.39 Å².